The van der Waals surface area contributed by atoms with Crippen molar-refractivity contribution in [3.63, 3.8) is 0 Å². The number of anilines is 6. The van der Waals surface area contributed by atoms with E-state index >= 15 is 0 Å². The molecule has 0 saturated carbocycles. The number of rotatable bonds is 9. The summed E-state index contributed by atoms with van der Waals surface area (Å²) in [5.41, 5.74) is 13.8. The molecule has 0 N–H and O–H groups in total. The Morgan fingerprint density at radius 2 is 0.597 bits per heavy atom. The summed E-state index contributed by atoms with van der Waals surface area (Å²) in [4.78, 5) is 4.73. The lowest BCUT2D eigenvalue weighted by molar-refractivity contribution is 1.29. The molecule has 0 bridgehead atoms. The largest absolute Gasteiger partial charge is 0.310 e. The average Bonchev–Trinajstić information content (AvgIpc) is 3.35. The van der Waals surface area contributed by atoms with Crippen LogP contribution in [0.3, 0.4) is 0 Å². The molecular weight excluding hydrogens is 749 g/mol. The number of nitrogens with zero attached hydrogens (tertiary/aromatic N) is 2. The van der Waals surface area contributed by atoms with Crippen LogP contribution in [0.1, 0.15) is 0 Å². The highest BCUT2D eigenvalue weighted by Gasteiger charge is 2.23. The lowest BCUT2D eigenvalue weighted by Crippen LogP contribution is -2.10. The lowest BCUT2D eigenvalue weighted by atomic mass is 9.84. The van der Waals surface area contributed by atoms with Crippen LogP contribution < -0.4 is 9.80 Å². The van der Waals surface area contributed by atoms with Crippen molar-refractivity contribution in [2.24, 2.45) is 0 Å². The SMILES string of the molecule is c1ccc(-c2ccc(-c3c4cc(N(c5ccccc5)c5ccccc5)ccc4c(-c4cccc5ccccc45)c4cc(N(c5ccccc5)c5ccccc5)ccc34)cc2)cc1. The van der Waals surface area contributed by atoms with E-state index in [1.54, 1.807) is 0 Å². The number of para-hydroxylation sites is 4. The van der Waals surface area contributed by atoms with Crippen LogP contribution in [0.15, 0.2) is 255 Å². The third kappa shape index (κ3) is 6.74. The molecule has 0 radical (unpaired) electrons. The van der Waals surface area contributed by atoms with E-state index < -0.39 is 0 Å². The van der Waals surface area contributed by atoms with E-state index in [4.69, 9.17) is 0 Å². The molecule has 0 aliphatic carbocycles. The topological polar surface area (TPSA) is 6.48 Å². The Hall–Kier alpha value is -8.20. The molecule has 2 heteroatoms. The van der Waals surface area contributed by atoms with Crippen LogP contribution in [-0.4, -0.2) is 0 Å². The number of fused-ring (bicyclic) bond motifs is 3. The first-order valence-electron chi connectivity index (χ1n) is 21.3. The zero-order valence-electron chi connectivity index (χ0n) is 34.1. The van der Waals surface area contributed by atoms with E-state index in [2.05, 4.69) is 265 Å². The fourth-order valence-electron chi connectivity index (χ4n) is 9.19. The highest BCUT2D eigenvalue weighted by Crippen LogP contribution is 2.49. The fraction of sp³-hybridized carbons (Fsp3) is 0. The van der Waals surface area contributed by atoms with E-state index in [1.165, 1.54) is 65.7 Å². The molecule has 11 aromatic carbocycles. The van der Waals surface area contributed by atoms with Gasteiger partial charge < -0.3 is 9.80 Å². The van der Waals surface area contributed by atoms with E-state index in [-0.39, 0.29) is 0 Å². The van der Waals surface area contributed by atoms with Gasteiger partial charge in [-0.3, -0.25) is 0 Å². The van der Waals surface area contributed by atoms with Crippen LogP contribution in [0.4, 0.5) is 34.1 Å². The Morgan fingerprint density at radius 3 is 1.11 bits per heavy atom. The maximum Gasteiger partial charge on any atom is 0.0468 e. The zero-order valence-corrected chi connectivity index (χ0v) is 34.1. The van der Waals surface area contributed by atoms with Crippen LogP contribution in [0, 0.1) is 0 Å². The number of benzene rings is 11. The maximum atomic E-state index is 2.42. The monoisotopic (exact) mass is 790 g/mol. The first kappa shape index (κ1) is 36.8. The van der Waals surface area contributed by atoms with E-state index in [1.807, 2.05) is 0 Å². The summed E-state index contributed by atoms with van der Waals surface area (Å²) in [5.74, 6) is 0. The van der Waals surface area contributed by atoms with Crippen LogP contribution in [-0.2, 0) is 0 Å². The molecule has 0 spiro atoms. The van der Waals surface area contributed by atoms with Crippen LogP contribution >= 0.6 is 0 Å². The van der Waals surface area contributed by atoms with E-state index in [0.717, 1.165) is 34.1 Å². The predicted molar refractivity (Wildman–Crippen MR) is 265 cm³/mol. The van der Waals surface area contributed by atoms with Crippen molar-refractivity contribution in [3.8, 4) is 33.4 Å². The smallest absolute Gasteiger partial charge is 0.0468 e. The van der Waals surface area contributed by atoms with Crippen LogP contribution in [0.25, 0.3) is 65.7 Å². The highest BCUT2D eigenvalue weighted by atomic mass is 15.1. The minimum atomic E-state index is 1.09. The minimum absolute atomic E-state index is 1.09. The van der Waals surface area contributed by atoms with Crippen molar-refractivity contribution in [2.45, 2.75) is 0 Å². The van der Waals surface area contributed by atoms with Gasteiger partial charge >= 0.3 is 0 Å². The lowest BCUT2D eigenvalue weighted by Gasteiger charge is -2.28. The third-order valence-electron chi connectivity index (χ3n) is 12.0. The van der Waals surface area contributed by atoms with Crippen LogP contribution in [0.5, 0.6) is 0 Å². The molecule has 11 aromatic rings. The summed E-state index contributed by atoms with van der Waals surface area (Å²) in [7, 11) is 0. The molecule has 0 atom stereocenters. The third-order valence-corrected chi connectivity index (χ3v) is 12.0. The van der Waals surface area contributed by atoms with E-state index in [0.29, 0.717) is 0 Å². The van der Waals surface area contributed by atoms with Gasteiger partial charge in [-0.1, -0.05) is 182 Å². The molecule has 292 valence electrons. The quantitative estimate of drug-likeness (QED) is 0.134. The van der Waals surface area contributed by atoms with Gasteiger partial charge in [-0.15, -0.1) is 0 Å². The Kier molecular flexibility index (Phi) is 9.57. The molecule has 0 aliphatic heterocycles. The van der Waals surface area contributed by atoms with E-state index in [9.17, 15) is 0 Å². The number of hydrogen-bond donors (Lipinski definition) is 0. The van der Waals surface area contributed by atoms with Crippen molar-refractivity contribution >= 4 is 66.4 Å². The van der Waals surface area contributed by atoms with Gasteiger partial charge in [-0.25, -0.2) is 0 Å². The Bertz CT molecular complexity index is 3230. The summed E-state index contributed by atoms with van der Waals surface area (Å²) < 4.78 is 0. The average molecular weight is 791 g/mol. The molecule has 0 aromatic heterocycles. The van der Waals surface area contributed by atoms with Crippen molar-refractivity contribution < 1.29 is 0 Å². The normalized spacial score (nSPS) is 11.2. The van der Waals surface area contributed by atoms with Gasteiger partial charge in [0, 0.05) is 34.1 Å². The first-order chi connectivity index (χ1) is 30.8. The van der Waals surface area contributed by atoms with Gasteiger partial charge in [0.25, 0.3) is 0 Å². The summed E-state index contributed by atoms with van der Waals surface area (Å²) in [5, 5.41) is 7.23. The van der Waals surface area contributed by atoms with Crippen LogP contribution in [0.2, 0.25) is 0 Å². The van der Waals surface area contributed by atoms with Gasteiger partial charge in [-0.05, 0) is 138 Å². The minimum Gasteiger partial charge on any atom is -0.310 e. The van der Waals surface area contributed by atoms with Gasteiger partial charge in [0.2, 0.25) is 0 Å². The molecule has 11 rings (SSSR count). The zero-order chi connectivity index (χ0) is 41.2. The number of hydrogen-bond acceptors (Lipinski definition) is 2. The predicted octanol–water partition coefficient (Wildman–Crippen LogP) is 17.1. The van der Waals surface area contributed by atoms with Crippen molar-refractivity contribution in [1.29, 1.82) is 0 Å². The molecular formula is C60H42N2. The Balaban J connectivity index is 1.25. The molecule has 0 saturated heterocycles. The van der Waals surface area contributed by atoms with Gasteiger partial charge in [0.15, 0.2) is 0 Å². The first-order valence-corrected chi connectivity index (χ1v) is 21.3. The molecule has 2 nitrogen and oxygen atoms in total. The summed E-state index contributed by atoms with van der Waals surface area (Å²) in [6, 6.07) is 92.2. The molecule has 0 heterocycles. The second-order valence-corrected chi connectivity index (χ2v) is 15.7. The standard InChI is InChI=1S/C60H42N2/c1-6-19-43(20-7-1)44-33-35-46(36-34-44)59-55-39-37-52(62(49-27-12-4-13-28-49)50-29-14-5-15-30-50)42-58(55)60(54-32-18-22-45-21-16-17-31-53(45)54)56-40-38-51(41-57(56)59)61(47-23-8-2-9-24-47)48-25-10-3-11-26-48/h1-42H. The highest BCUT2D eigenvalue weighted by molar-refractivity contribution is 6.24. The summed E-state index contributed by atoms with van der Waals surface area (Å²) in [6.45, 7) is 0. The molecule has 0 amide bonds. The van der Waals surface area contributed by atoms with Gasteiger partial charge in [-0.2, -0.15) is 0 Å². The maximum absolute atomic E-state index is 2.42. The second kappa shape index (κ2) is 16.1. The summed E-state index contributed by atoms with van der Waals surface area (Å²) >= 11 is 0. The molecule has 0 aliphatic rings. The Morgan fingerprint density at radius 1 is 0.210 bits per heavy atom. The van der Waals surface area contributed by atoms with Crippen molar-refractivity contribution in [1.82, 2.24) is 0 Å². The fourth-order valence-corrected chi connectivity index (χ4v) is 9.19. The van der Waals surface area contributed by atoms with Crippen molar-refractivity contribution in [3.05, 3.63) is 255 Å². The Labute approximate surface area is 362 Å². The molecule has 62 heavy (non-hydrogen) atoms. The van der Waals surface area contributed by atoms with Gasteiger partial charge in [0.05, 0.1) is 0 Å². The second-order valence-electron chi connectivity index (χ2n) is 15.7. The van der Waals surface area contributed by atoms with Gasteiger partial charge in [0.1, 0.15) is 0 Å². The summed E-state index contributed by atoms with van der Waals surface area (Å²) in [6.07, 6.45) is 0. The molecule has 0 fully saturated rings. The molecule has 0 unspecified atom stereocenters. The van der Waals surface area contributed by atoms with Crippen molar-refractivity contribution in [2.75, 3.05) is 9.80 Å².